The number of thiazole rings is 1. The molecule has 22 heavy (non-hydrogen) atoms. The van der Waals surface area contributed by atoms with Crippen molar-refractivity contribution in [3.05, 3.63) is 23.3 Å². The van der Waals surface area contributed by atoms with Crippen LogP contribution < -0.4 is 10.6 Å². The number of hydrogen-bond donors (Lipinski definition) is 2. The Morgan fingerprint density at radius 1 is 1.32 bits per heavy atom. The molecule has 1 atom stereocenters. The SMILES string of the molecule is CC(=O)N[C@@H](C(=O)Nc1nc(-c2ccc(C)o2)cs1)C(C)C. The van der Waals surface area contributed by atoms with Gasteiger partial charge in [0, 0.05) is 12.3 Å². The molecule has 0 aromatic carbocycles. The first-order valence-corrected chi connectivity index (χ1v) is 7.85. The predicted molar refractivity (Wildman–Crippen MR) is 85.6 cm³/mol. The van der Waals surface area contributed by atoms with Gasteiger partial charge < -0.3 is 15.1 Å². The van der Waals surface area contributed by atoms with Gasteiger partial charge in [0.15, 0.2) is 10.9 Å². The normalized spacial score (nSPS) is 12.2. The first-order chi connectivity index (χ1) is 10.4. The van der Waals surface area contributed by atoms with Gasteiger partial charge in [0.1, 0.15) is 17.5 Å². The molecule has 2 N–H and O–H groups in total. The zero-order valence-electron chi connectivity index (χ0n) is 13.0. The Kier molecular flexibility index (Phi) is 4.97. The Balaban J connectivity index is 2.08. The summed E-state index contributed by atoms with van der Waals surface area (Å²) in [4.78, 5) is 27.8. The van der Waals surface area contributed by atoms with Crippen molar-refractivity contribution >= 4 is 28.3 Å². The molecule has 0 aliphatic rings. The van der Waals surface area contributed by atoms with E-state index in [0.29, 0.717) is 16.6 Å². The number of aryl methyl sites for hydroxylation is 1. The largest absolute Gasteiger partial charge is 0.460 e. The third-order valence-corrected chi connectivity index (χ3v) is 3.79. The molecule has 0 aliphatic heterocycles. The number of nitrogens with one attached hydrogen (secondary N) is 2. The van der Waals surface area contributed by atoms with Crippen molar-refractivity contribution in [2.24, 2.45) is 5.92 Å². The van der Waals surface area contributed by atoms with E-state index in [2.05, 4.69) is 15.6 Å². The topological polar surface area (TPSA) is 84.2 Å². The van der Waals surface area contributed by atoms with Crippen LogP contribution in [0.4, 0.5) is 5.13 Å². The monoisotopic (exact) mass is 321 g/mol. The fraction of sp³-hybridized carbons (Fsp3) is 0.400. The van der Waals surface area contributed by atoms with E-state index in [1.54, 1.807) is 0 Å². The molecule has 0 radical (unpaired) electrons. The zero-order valence-corrected chi connectivity index (χ0v) is 13.8. The maximum atomic E-state index is 12.3. The van der Waals surface area contributed by atoms with Crippen LogP contribution in [0.1, 0.15) is 26.5 Å². The highest BCUT2D eigenvalue weighted by molar-refractivity contribution is 7.14. The van der Waals surface area contributed by atoms with Gasteiger partial charge in [-0.3, -0.25) is 9.59 Å². The summed E-state index contributed by atoms with van der Waals surface area (Å²) in [6.45, 7) is 7.00. The van der Waals surface area contributed by atoms with Crippen molar-refractivity contribution in [1.29, 1.82) is 0 Å². The van der Waals surface area contributed by atoms with E-state index in [1.165, 1.54) is 18.3 Å². The molecule has 2 aromatic heterocycles. The Morgan fingerprint density at radius 2 is 2.05 bits per heavy atom. The summed E-state index contributed by atoms with van der Waals surface area (Å²) in [6, 6.07) is 3.11. The summed E-state index contributed by atoms with van der Waals surface area (Å²) < 4.78 is 5.50. The van der Waals surface area contributed by atoms with Crippen molar-refractivity contribution in [1.82, 2.24) is 10.3 Å². The minimum atomic E-state index is -0.587. The molecule has 0 saturated carbocycles. The number of furan rings is 1. The van der Waals surface area contributed by atoms with Crippen molar-refractivity contribution in [3.8, 4) is 11.5 Å². The number of carbonyl (C=O) groups is 2. The van der Waals surface area contributed by atoms with Crippen molar-refractivity contribution < 1.29 is 14.0 Å². The molecule has 0 aliphatic carbocycles. The van der Waals surface area contributed by atoms with Crippen LogP contribution in [0.25, 0.3) is 11.5 Å². The van der Waals surface area contributed by atoms with Gasteiger partial charge in [0.05, 0.1) is 0 Å². The summed E-state index contributed by atoms with van der Waals surface area (Å²) >= 11 is 1.31. The van der Waals surface area contributed by atoms with Gasteiger partial charge >= 0.3 is 0 Å². The summed E-state index contributed by atoms with van der Waals surface area (Å²) in [5.41, 5.74) is 0.675. The van der Waals surface area contributed by atoms with Crippen LogP contribution in [0.3, 0.4) is 0 Å². The predicted octanol–water partition coefficient (Wildman–Crippen LogP) is 2.81. The highest BCUT2D eigenvalue weighted by atomic mass is 32.1. The van der Waals surface area contributed by atoms with E-state index in [1.807, 2.05) is 38.3 Å². The molecule has 2 amide bonds. The first kappa shape index (κ1) is 16.2. The molecule has 0 spiro atoms. The number of rotatable bonds is 5. The minimum absolute atomic E-state index is 0.0175. The highest BCUT2D eigenvalue weighted by Gasteiger charge is 2.24. The van der Waals surface area contributed by atoms with Crippen LogP contribution in [-0.4, -0.2) is 22.8 Å². The van der Waals surface area contributed by atoms with Crippen molar-refractivity contribution in [2.75, 3.05) is 5.32 Å². The van der Waals surface area contributed by atoms with Gasteiger partial charge in [-0.15, -0.1) is 11.3 Å². The quantitative estimate of drug-likeness (QED) is 0.887. The fourth-order valence-corrected chi connectivity index (χ4v) is 2.66. The maximum absolute atomic E-state index is 12.3. The van der Waals surface area contributed by atoms with E-state index in [-0.39, 0.29) is 17.7 Å². The zero-order chi connectivity index (χ0) is 16.3. The Bertz CT molecular complexity index is 675. The van der Waals surface area contributed by atoms with Crippen LogP contribution in [-0.2, 0) is 9.59 Å². The van der Waals surface area contributed by atoms with Crippen LogP contribution in [0.15, 0.2) is 21.9 Å². The minimum Gasteiger partial charge on any atom is -0.460 e. The second kappa shape index (κ2) is 6.74. The molecule has 0 bridgehead atoms. The molecule has 2 heterocycles. The fourth-order valence-electron chi connectivity index (χ4n) is 1.95. The number of carbonyl (C=O) groups excluding carboxylic acids is 2. The lowest BCUT2D eigenvalue weighted by Crippen LogP contribution is -2.46. The molecule has 118 valence electrons. The number of nitrogens with zero attached hydrogens (tertiary/aromatic N) is 1. The van der Waals surface area contributed by atoms with E-state index in [9.17, 15) is 9.59 Å². The van der Waals surface area contributed by atoms with Crippen LogP contribution in [0, 0.1) is 12.8 Å². The third-order valence-electron chi connectivity index (χ3n) is 3.04. The number of anilines is 1. The number of amides is 2. The lowest BCUT2D eigenvalue weighted by Gasteiger charge is -2.20. The second-order valence-electron chi connectivity index (χ2n) is 5.36. The Labute approximate surface area is 132 Å². The van der Waals surface area contributed by atoms with Crippen molar-refractivity contribution in [2.45, 2.75) is 33.7 Å². The molecule has 6 nitrogen and oxygen atoms in total. The van der Waals surface area contributed by atoms with Gasteiger partial charge in [-0.25, -0.2) is 4.98 Å². The van der Waals surface area contributed by atoms with Crippen LogP contribution in [0.5, 0.6) is 0 Å². The second-order valence-corrected chi connectivity index (χ2v) is 6.22. The van der Waals surface area contributed by atoms with Gasteiger partial charge in [-0.1, -0.05) is 13.8 Å². The lowest BCUT2D eigenvalue weighted by molar-refractivity contribution is -0.126. The summed E-state index contributed by atoms with van der Waals surface area (Å²) in [5, 5.41) is 7.68. The number of aromatic nitrogens is 1. The van der Waals surface area contributed by atoms with Gasteiger partial charge in [-0.2, -0.15) is 0 Å². The molecule has 0 fully saturated rings. The Hall–Kier alpha value is -2.15. The molecule has 7 heteroatoms. The molecule has 0 unspecified atom stereocenters. The van der Waals surface area contributed by atoms with E-state index in [4.69, 9.17) is 4.42 Å². The standard InChI is InChI=1S/C15H19N3O3S/c1-8(2)13(16-10(4)19)14(20)18-15-17-11(7-22-15)12-6-5-9(3)21-12/h5-8,13H,1-4H3,(H,16,19)(H,17,18,20)/t13-/m1/s1. The van der Waals surface area contributed by atoms with Crippen LogP contribution in [0.2, 0.25) is 0 Å². The van der Waals surface area contributed by atoms with Crippen molar-refractivity contribution in [3.63, 3.8) is 0 Å². The van der Waals surface area contributed by atoms with Gasteiger partial charge in [0.25, 0.3) is 0 Å². The van der Waals surface area contributed by atoms with E-state index >= 15 is 0 Å². The first-order valence-electron chi connectivity index (χ1n) is 6.97. The summed E-state index contributed by atoms with van der Waals surface area (Å²) in [5.74, 6) is 0.938. The lowest BCUT2D eigenvalue weighted by atomic mass is 10.0. The highest BCUT2D eigenvalue weighted by Crippen LogP contribution is 2.26. The van der Waals surface area contributed by atoms with E-state index in [0.717, 1.165) is 5.76 Å². The molecule has 0 saturated heterocycles. The maximum Gasteiger partial charge on any atom is 0.248 e. The van der Waals surface area contributed by atoms with E-state index < -0.39 is 6.04 Å². The average molecular weight is 321 g/mol. The Morgan fingerprint density at radius 3 is 2.59 bits per heavy atom. The van der Waals surface area contributed by atoms with Gasteiger partial charge in [0.2, 0.25) is 11.8 Å². The molecular weight excluding hydrogens is 302 g/mol. The average Bonchev–Trinajstić information content (AvgIpc) is 3.04. The smallest absolute Gasteiger partial charge is 0.248 e. The summed E-state index contributed by atoms with van der Waals surface area (Å²) in [6.07, 6.45) is 0. The number of hydrogen-bond acceptors (Lipinski definition) is 5. The van der Waals surface area contributed by atoms with Crippen LogP contribution >= 0.6 is 11.3 Å². The molecular formula is C15H19N3O3S. The molecule has 2 aromatic rings. The molecule has 2 rings (SSSR count). The van der Waals surface area contributed by atoms with Gasteiger partial charge in [-0.05, 0) is 25.0 Å². The summed E-state index contributed by atoms with van der Waals surface area (Å²) in [7, 11) is 0. The third kappa shape index (κ3) is 3.94.